The van der Waals surface area contributed by atoms with Crippen molar-refractivity contribution in [2.75, 3.05) is 19.6 Å². The Morgan fingerprint density at radius 2 is 2.17 bits per heavy atom. The Kier molecular flexibility index (Phi) is 4.96. The molecule has 1 unspecified atom stereocenters. The zero-order valence-electron chi connectivity index (χ0n) is 14.5. The van der Waals surface area contributed by atoms with Gasteiger partial charge in [0, 0.05) is 19.2 Å². The van der Waals surface area contributed by atoms with Crippen LogP contribution in [0, 0.1) is 0 Å². The number of quaternary nitrogens is 1. The zero-order chi connectivity index (χ0) is 17.3. The molecule has 1 amide bonds. The van der Waals surface area contributed by atoms with Crippen LogP contribution in [0.15, 0.2) is 18.3 Å². The maximum Gasteiger partial charge on any atom is 0.407 e. The van der Waals surface area contributed by atoms with Crippen LogP contribution in [0.2, 0.25) is 0 Å². The molecule has 128 valence electrons. The molecular weight excluding hydrogens is 294 g/mol. The molecule has 0 radical (unpaired) electrons. The van der Waals surface area contributed by atoms with Crippen molar-refractivity contribution in [2.24, 2.45) is 0 Å². The number of aromatic nitrogens is 1. The molecule has 2 heterocycles. The largest absolute Gasteiger partial charge is 0.465 e. The fourth-order valence-corrected chi connectivity index (χ4v) is 3.77. The molecule has 1 fully saturated rings. The number of rotatable bonds is 4. The maximum absolute atomic E-state index is 11.5. The highest BCUT2D eigenvalue weighted by molar-refractivity contribution is 5.65. The molecule has 1 aliphatic heterocycles. The number of nitrogens with zero attached hydrogens (tertiary/aromatic N) is 3. The van der Waals surface area contributed by atoms with Gasteiger partial charge in [0.05, 0.1) is 30.3 Å². The van der Waals surface area contributed by atoms with Gasteiger partial charge >= 0.3 is 6.09 Å². The van der Waals surface area contributed by atoms with Crippen LogP contribution in [0.1, 0.15) is 39.7 Å². The molecule has 1 aromatic heterocycles. The summed E-state index contributed by atoms with van der Waals surface area (Å²) < 4.78 is 0.595. The van der Waals surface area contributed by atoms with Crippen molar-refractivity contribution in [1.82, 2.24) is 14.4 Å². The summed E-state index contributed by atoms with van der Waals surface area (Å²) in [7, 11) is 0. The minimum atomic E-state index is -0.866. The Hall–Kier alpha value is -1.66. The third-order valence-corrected chi connectivity index (χ3v) is 5.12. The molecule has 1 aromatic rings. The van der Waals surface area contributed by atoms with Crippen molar-refractivity contribution in [3.8, 4) is 0 Å². The highest BCUT2D eigenvalue weighted by atomic mass is 16.4. The lowest BCUT2D eigenvalue weighted by atomic mass is 10.0. The molecule has 2 rings (SSSR count). The van der Waals surface area contributed by atoms with Crippen LogP contribution >= 0.6 is 0 Å². The normalized spacial score (nSPS) is 24.7. The minimum Gasteiger partial charge on any atom is -0.465 e. The SMILES string of the molecule is CCN(C(=O)O)[C@@H]1CC[N+](c2ncccc2CO)(C(C)(C)C)C1. The Labute approximate surface area is 138 Å². The molecule has 0 saturated carbocycles. The van der Waals surface area contributed by atoms with Crippen LogP contribution in [0.5, 0.6) is 0 Å². The molecule has 23 heavy (non-hydrogen) atoms. The van der Waals surface area contributed by atoms with Crippen molar-refractivity contribution in [3.05, 3.63) is 23.9 Å². The van der Waals surface area contributed by atoms with Crippen molar-refractivity contribution in [2.45, 2.75) is 52.3 Å². The molecule has 6 nitrogen and oxygen atoms in total. The second-order valence-electron chi connectivity index (χ2n) is 7.20. The Morgan fingerprint density at radius 3 is 2.70 bits per heavy atom. The van der Waals surface area contributed by atoms with Crippen molar-refractivity contribution in [3.63, 3.8) is 0 Å². The van der Waals surface area contributed by atoms with Crippen LogP contribution in [-0.2, 0) is 6.61 Å². The van der Waals surface area contributed by atoms with E-state index in [1.165, 1.54) is 4.90 Å². The van der Waals surface area contributed by atoms with Gasteiger partial charge in [-0.1, -0.05) is 0 Å². The predicted molar refractivity (Wildman–Crippen MR) is 90.3 cm³/mol. The summed E-state index contributed by atoms with van der Waals surface area (Å²) in [6, 6.07) is 3.71. The quantitative estimate of drug-likeness (QED) is 0.835. The lowest BCUT2D eigenvalue weighted by Gasteiger charge is -2.45. The Morgan fingerprint density at radius 1 is 1.48 bits per heavy atom. The van der Waals surface area contributed by atoms with Gasteiger partial charge in [0.1, 0.15) is 6.54 Å². The molecule has 0 spiro atoms. The third kappa shape index (κ3) is 3.05. The minimum absolute atomic E-state index is 0.0229. The van der Waals surface area contributed by atoms with E-state index in [4.69, 9.17) is 0 Å². The second-order valence-corrected chi connectivity index (χ2v) is 7.20. The van der Waals surface area contributed by atoms with E-state index in [1.54, 1.807) is 6.20 Å². The van der Waals surface area contributed by atoms with Gasteiger partial charge in [-0.05, 0) is 39.8 Å². The summed E-state index contributed by atoms with van der Waals surface area (Å²) >= 11 is 0. The van der Waals surface area contributed by atoms with E-state index in [0.717, 1.165) is 24.3 Å². The summed E-state index contributed by atoms with van der Waals surface area (Å²) in [5, 5.41) is 19.2. The summed E-state index contributed by atoms with van der Waals surface area (Å²) in [6.45, 7) is 10.3. The van der Waals surface area contributed by atoms with E-state index in [-0.39, 0.29) is 18.2 Å². The first-order chi connectivity index (χ1) is 10.8. The molecule has 0 aromatic carbocycles. The fraction of sp³-hybridized carbons (Fsp3) is 0.647. The summed E-state index contributed by atoms with van der Waals surface area (Å²) in [6.07, 6.45) is 1.69. The summed E-state index contributed by atoms with van der Waals surface area (Å²) in [4.78, 5) is 17.6. The highest BCUT2D eigenvalue weighted by Gasteiger charge is 2.52. The van der Waals surface area contributed by atoms with Gasteiger partial charge in [-0.15, -0.1) is 0 Å². The Bertz CT molecular complexity index is 570. The van der Waals surface area contributed by atoms with Crippen molar-refractivity contribution < 1.29 is 15.0 Å². The first-order valence-corrected chi connectivity index (χ1v) is 8.19. The fourth-order valence-electron chi connectivity index (χ4n) is 3.77. The number of hydrogen-bond donors (Lipinski definition) is 2. The molecule has 1 saturated heterocycles. The second kappa shape index (κ2) is 6.45. The van der Waals surface area contributed by atoms with Gasteiger partial charge in [-0.2, -0.15) is 0 Å². The Balaban J connectivity index is 2.46. The molecule has 0 bridgehead atoms. The van der Waals surface area contributed by atoms with Crippen LogP contribution in [-0.4, -0.2) is 57.4 Å². The molecule has 6 heteroatoms. The van der Waals surface area contributed by atoms with E-state index in [2.05, 4.69) is 25.8 Å². The van der Waals surface area contributed by atoms with Gasteiger partial charge in [0.15, 0.2) is 0 Å². The average molecular weight is 322 g/mol. The highest BCUT2D eigenvalue weighted by Crippen LogP contribution is 2.39. The number of carboxylic acid groups (broad SMARTS) is 1. The van der Waals surface area contributed by atoms with Crippen LogP contribution < -0.4 is 4.48 Å². The number of amides is 1. The molecule has 1 aliphatic rings. The smallest absolute Gasteiger partial charge is 0.407 e. The first kappa shape index (κ1) is 17.7. The summed E-state index contributed by atoms with van der Waals surface area (Å²) in [5.74, 6) is 0.867. The van der Waals surface area contributed by atoms with Crippen LogP contribution in [0.4, 0.5) is 10.6 Å². The van der Waals surface area contributed by atoms with Gasteiger partial charge in [0.25, 0.3) is 0 Å². The standard InChI is InChI=1S/C17H27N3O3/c1-5-19(16(22)23)14-8-10-20(11-14,17(2,3)4)15-13(12-21)7-6-9-18-15/h6-7,9,14,21H,5,8,10-12H2,1-4H3/p+1/t14-,20?/m1/s1. The maximum atomic E-state index is 11.5. The third-order valence-electron chi connectivity index (χ3n) is 5.12. The number of aliphatic hydroxyl groups is 1. The number of aliphatic hydroxyl groups excluding tert-OH is 1. The summed E-state index contributed by atoms with van der Waals surface area (Å²) in [5.41, 5.74) is 0.687. The lowest BCUT2D eigenvalue weighted by molar-refractivity contribution is 0.116. The molecule has 0 aliphatic carbocycles. The number of pyridine rings is 1. The lowest BCUT2D eigenvalue weighted by Crippen LogP contribution is -2.62. The topological polar surface area (TPSA) is 73.7 Å². The van der Waals surface area contributed by atoms with E-state index in [0.29, 0.717) is 17.6 Å². The van der Waals surface area contributed by atoms with E-state index in [9.17, 15) is 15.0 Å². The van der Waals surface area contributed by atoms with Gasteiger partial charge < -0.3 is 10.2 Å². The van der Waals surface area contributed by atoms with E-state index >= 15 is 0 Å². The van der Waals surface area contributed by atoms with Gasteiger partial charge in [-0.25, -0.2) is 9.78 Å². The zero-order valence-corrected chi connectivity index (χ0v) is 14.5. The average Bonchev–Trinajstić information content (AvgIpc) is 2.93. The first-order valence-electron chi connectivity index (χ1n) is 8.19. The van der Waals surface area contributed by atoms with Gasteiger partial charge in [0.2, 0.25) is 5.82 Å². The molecular formula is C17H28N3O3+. The van der Waals surface area contributed by atoms with Crippen LogP contribution in [0.25, 0.3) is 0 Å². The van der Waals surface area contributed by atoms with Crippen LogP contribution in [0.3, 0.4) is 0 Å². The number of carbonyl (C=O) groups is 1. The molecule has 2 atom stereocenters. The van der Waals surface area contributed by atoms with Gasteiger partial charge in [-0.3, -0.25) is 9.38 Å². The number of hydrogen-bond acceptors (Lipinski definition) is 3. The van der Waals surface area contributed by atoms with E-state index < -0.39 is 6.09 Å². The van der Waals surface area contributed by atoms with Crippen molar-refractivity contribution in [1.29, 1.82) is 0 Å². The predicted octanol–water partition coefficient (Wildman–Crippen LogP) is 2.45. The van der Waals surface area contributed by atoms with Crippen molar-refractivity contribution >= 4 is 11.9 Å². The monoisotopic (exact) mass is 322 g/mol. The van der Waals surface area contributed by atoms with E-state index in [1.807, 2.05) is 19.1 Å². The molecule has 2 N–H and O–H groups in total. The number of likely N-dealkylation sites (tertiary alicyclic amines) is 1. The number of likely N-dealkylation sites (N-methyl/N-ethyl adjacent to an activating group) is 1.